The van der Waals surface area contributed by atoms with Gasteiger partial charge in [0.2, 0.25) is 5.91 Å². The summed E-state index contributed by atoms with van der Waals surface area (Å²) in [6.07, 6.45) is 6.73. The minimum atomic E-state index is -0.297. The standard InChI is InChI=1S/C21H29N3O3/c1-4-6-7-8-17-9-11-18(12-10-17)21(26)24(16(3)5-2)15-20(25)22-19-13-14-27-23-19/h9-14,16H,4-8,15H2,1-3H3,(H,22,23,25). The Morgan fingerprint density at radius 3 is 2.48 bits per heavy atom. The van der Waals surface area contributed by atoms with E-state index in [-0.39, 0.29) is 24.4 Å². The molecule has 0 spiro atoms. The van der Waals surface area contributed by atoms with Crippen molar-refractivity contribution in [3.05, 3.63) is 47.7 Å². The molecular formula is C21H29N3O3. The summed E-state index contributed by atoms with van der Waals surface area (Å²) in [7, 11) is 0. The average Bonchev–Trinajstić information content (AvgIpc) is 3.18. The van der Waals surface area contributed by atoms with Gasteiger partial charge in [0, 0.05) is 17.7 Å². The van der Waals surface area contributed by atoms with E-state index in [0.717, 1.165) is 19.3 Å². The number of benzene rings is 1. The molecule has 146 valence electrons. The van der Waals surface area contributed by atoms with Gasteiger partial charge in [-0.1, -0.05) is 44.0 Å². The number of aryl methyl sites for hydroxylation is 1. The van der Waals surface area contributed by atoms with Crippen molar-refractivity contribution in [1.82, 2.24) is 10.1 Å². The van der Waals surface area contributed by atoms with Crippen molar-refractivity contribution >= 4 is 17.6 Å². The zero-order valence-corrected chi connectivity index (χ0v) is 16.4. The van der Waals surface area contributed by atoms with Crippen LogP contribution >= 0.6 is 0 Å². The third-order valence-corrected chi connectivity index (χ3v) is 4.67. The van der Waals surface area contributed by atoms with Crippen molar-refractivity contribution in [2.45, 2.75) is 58.9 Å². The molecule has 0 saturated carbocycles. The summed E-state index contributed by atoms with van der Waals surface area (Å²) in [5, 5.41) is 6.30. The fourth-order valence-corrected chi connectivity index (χ4v) is 2.82. The number of unbranched alkanes of at least 4 members (excludes halogenated alkanes) is 2. The van der Waals surface area contributed by atoms with Crippen LogP contribution in [-0.2, 0) is 11.2 Å². The molecule has 2 rings (SSSR count). The van der Waals surface area contributed by atoms with Gasteiger partial charge in [0.05, 0.1) is 0 Å². The van der Waals surface area contributed by atoms with E-state index >= 15 is 0 Å². The predicted octanol–water partition coefficient (Wildman–Crippen LogP) is 4.29. The van der Waals surface area contributed by atoms with E-state index < -0.39 is 0 Å². The van der Waals surface area contributed by atoms with Crippen LogP contribution in [0.4, 0.5) is 5.82 Å². The van der Waals surface area contributed by atoms with Crippen molar-refractivity contribution in [2.75, 3.05) is 11.9 Å². The van der Waals surface area contributed by atoms with Crippen LogP contribution in [0.3, 0.4) is 0 Å². The Labute approximate surface area is 160 Å². The molecule has 1 unspecified atom stereocenters. The number of anilines is 1. The quantitative estimate of drug-likeness (QED) is 0.632. The lowest BCUT2D eigenvalue weighted by atomic mass is 10.0. The summed E-state index contributed by atoms with van der Waals surface area (Å²) in [4.78, 5) is 26.9. The molecule has 0 aliphatic heterocycles. The van der Waals surface area contributed by atoms with Crippen LogP contribution in [0.5, 0.6) is 0 Å². The first-order valence-electron chi connectivity index (χ1n) is 9.65. The van der Waals surface area contributed by atoms with E-state index in [1.54, 1.807) is 11.0 Å². The zero-order chi connectivity index (χ0) is 19.6. The maximum Gasteiger partial charge on any atom is 0.254 e. The lowest BCUT2D eigenvalue weighted by Crippen LogP contribution is -2.43. The van der Waals surface area contributed by atoms with Crippen LogP contribution in [0, 0.1) is 0 Å². The fraction of sp³-hybridized carbons (Fsp3) is 0.476. The van der Waals surface area contributed by atoms with Gasteiger partial charge in [-0.05, 0) is 43.9 Å². The van der Waals surface area contributed by atoms with Crippen molar-refractivity contribution in [2.24, 2.45) is 0 Å². The second-order valence-corrected chi connectivity index (χ2v) is 6.78. The number of rotatable bonds is 10. The first kappa shape index (κ1) is 20.7. The van der Waals surface area contributed by atoms with Gasteiger partial charge in [-0.3, -0.25) is 9.59 Å². The normalized spacial score (nSPS) is 11.8. The lowest BCUT2D eigenvalue weighted by molar-refractivity contribution is -0.117. The van der Waals surface area contributed by atoms with Crippen LogP contribution < -0.4 is 5.32 Å². The Bertz CT molecular complexity index is 711. The monoisotopic (exact) mass is 371 g/mol. The van der Waals surface area contributed by atoms with Gasteiger partial charge in [-0.15, -0.1) is 0 Å². The van der Waals surface area contributed by atoms with Crippen LogP contribution in [0.1, 0.15) is 62.4 Å². The van der Waals surface area contributed by atoms with Crippen molar-refractivity contribution in [3.63, 3.8) is 0 Å². The first-order chi connectivity index (χ1) is 13.0. The fourth-order valence-electron chi connectivity index (χ4n) is 2.82. The molecule has 0 bridgehead atoms. The molecule has 0 fully saturated rings. The molecule has 0 aliphatic rings. The van der Waals surface area contributed by atoms with Gasteiger partial charge < -0.3 is 14.7 Å². The number of aromatic nitrogens is 1. The molecule has 1 aromatic carbocycles. The minimum Gasteiger partial charge on any atom is -0.363 e. The van der Waals surface area contributed by atoms with Crippen molar-refractivity contribution in [3.8, 4) is 0 Å². The van der Waals surface area contributed by atoms with Gasteiger partial charge in [0.15, 0.2) is 5.82 Å². The minimum absolute atomic E-state index is 0.0288. The molecular weight excluding hydrogens is 342 g/mol. The van der Waals surface area contributed by atoms with E-state index in [9.17, 15) is 9.59 Å². The summed E-state index contributed by atoms with van der Waals surface area (Å²) >= 11 is 0. The van der Waals surface area contributed by atoms with Gasteiger partial charge in [-0.25, -0.2) is 0 Å². The summed E-state index contributed by atoms with van der Waals surface area (Å²) in [6.45, 7) is 6.10. The second-order valence-electron chi connectivity index (χ2n) is 6.78. The molecule has 6 nitrogen and oxygen atoms in total. The molecule has 0 radical (unpaired) electrons. The topological polar surface area (TPSA) is 75.4 Å². The maximum absolute atomic E-state index is 13.0. The molecule has 1 N–H and O–H groups in total. The number of amides is 2. The van der Waals surface area contributed by atoms with E-state index in [1.165, 1.54) is 24.7 Å². The number of carbonyl (C=O) groups is 2. The highest BCUT2D eigenvalue weighted by Gasteiger charge is 2.23. The Morgan fingerprint density at radius 2 is 1.89 bits per heavy atom. The van der Waals surface area contributed by atoms with Gasteiger partial charge >= 0.3 is 0 Å². The Balaban J connectivity index is 2.04. The second kappa shape index (κ2) is 10.5. The summed E-state index contributed by atoms with van der Waals surface area (Å²) in [5.74, 6) is -0.0959. The van der Waals surface area contributed by atoms with Gasteiger partial charge in [0.1, 0.15) is 12.8 Å². The SMILES string of the molecule is CCCCCc1ccc(C(=O)N(CC(=O)Nc2ccon2)C(C)CC)cc1. The highest BCUT2D eigenvalue weighted by molar-refractivity contribution is 5.99. The average molecular weight is 371 g/mol. The number of hydrogen-bond acceptors (Lipinski definition) is 4. The van der Waals surface area contributed by atoms with E-state index in [2.05, 4.69) is 17.4 Å². The molecule has 6 heteroatoms. The van der Waals surface area contributed by atoms with Crippen LogP contribution in [-0.4, -0.2) is 34.5 Å². The molecule has 1 heterocycles. The molecule has 27 heavy (non-hydrogen) atoms. The van der Waals surface area contributed by atoms with Crippen LogP contribution in [0.25, 0.3) is 0 Å². The Hall–Kier alpha value is -2.63. The largest absolute Gasteiger partial charge is 0.363 e. The third kappa shape index (κ3) is 6.24. The number of nitrogens with one attached hydrogen (secondary N) is 1. The number of nitrogens with zero attached hydrogens (tertiary/aromatic N) is 2. The van der Waals surface area contributed by atoms with E-state index in [0.29, 0.717) is 11.4 Å². The molecule has 2 aromatic rings. The zero-order valence-electron chi connectivity index (χ0n) is 16.4. The number of carbonyl (C=O) groups excluding carboxylic acids is 2. The summed E-state index contributed by atoms with van der Waals surface area (Å²) in [5.41, 5.74) is 1.84. The smallest absolute Gasteiger partial charge is 0.254 e. The molecule has 1 atom stereocenters. The van der Waals surface area contributed by atoms with Gasteiger partial charge in [-0.2, -0.15) is 0 Å². The molecule has 0 saturated heterocycles. The summed E-state index contributed by atoms with van der Waals surface area (Å²) < 4.78 is 4.71. The van der Waals surface area contributed by atoms with E-state index in [1.807, 2.05) is 38.1 Å². The summed E-state index contributed by atoms with van der Waals surface area (Å²) in [6, 6.07) is 9.23. The van der Waals surface area contributed by atoms with E-state index in [4.69, 9.17) is 4.52 Å². The maximum atomic E-state index is 13.0. The number of hydrogen-bond donors (Lipinski definition) is 1. The molecule has 0 aliphatic carbocycles. The highest BCUT2D eigenvalue weighted by Crippen LogP contribution is 2.14. The third-order valence-electron chi connectivity index (χ3n) is 4.67. The molecule has 2 amide bonds. The van der Waals surface area contributed by atoms with Gasteiger partial charge in [0.25, 0.3) is 5.91 Å². The van der Waals surface area contributed by atoms with Crippen molar-refractivity contribution < 1.29 is 14.1 Å². The highest BCUT2D eigenvalue weighted by atomic mass is 16.5. The lowest BCUT2D eigenvalue weighted by Gasteiger charge is -2.28. The first-order valence-corrected chi connectivity index (χ1v) is 9.65. The van der Waals surface area contributed by atoms with Crippen LogP contribution in [0.15, 0.2) is 41.1 Å². The Morgan fingerprint density at radius 1 is 1.15 bits per heavy atom. The van der Waals surface area contributed by atoms with Crippen LogP contribution in [0.2, 0.25) is 0 Å². The predicted molar refractivity (Wildman–Crippen MR) is 106 cm³/mol. The van der Waals surface area contributed by atoms with Crippen molar-refractivity contribution in [1.29, 1.82) is 0 Å². The molecule has 1 aromatic heterocycles. The Kier molecular flexibility index (Phi) is 8.04.